The van der Waals surface area contributed by atoms with E-state index in [0.717, 1.165) is 30.1 Å². The molecule has 0 heterocycles. The van der Waals surface area contributed by atoms with Gasteiger partial charge < -0.3 is 5.11 Å². The largest absolute Gasteiger partial charge is 0.377 e. The van der Waals surface area contributed by atoms with E-state index in [4.69, 9.17) is 0 Å². The summed E-state index contributed by atoms with van der Waals surface area (Å²) in [5.41, 5.74) is -0.661. The Balaban J connectivity index is 2.31. The highest BCUT2D eigenvalue weighted by Gasteiger charge is 2.38. The van der Waals surface area contributed by atoms with Gasteiger partial charge in [-0.05, 0) is 25.7 Å². The Morgan fingerprint density at radius 1 is 1.38 bits per heavy atom. The van der Waals surface area contributed by atoms with Gasteiger partial charge in [-0.15, -0.1) is 5.92 Å². The molecule has 1 fully saturated rings. The summed E-state index contributed by atoms with van der Waals surface area (Å²) in [5, 5.41) is 10.4. The van der Waals surface area contributed by atoms with Crippen LogP contribution in [0.5, 0.6) is 0 Å². The summed E-state index contributed by atoms with van der Waals surface area (Å²) < 4.78 is 1.03. The van der Waals surface area contributed by atoms with Crippen molar-refractivity contribution in [2.45, 2.75) is 63.9 Å². The van der Waals surface area contributed by atoms with Gasteiger partial charge in [0.05, 0.1) is 0 Å². The molecule has 1 aliphatic rings. The van der Waals surface area contributed by atoms with Crippen LogP contribution in [0.15, 0.2) is 0 Å². The Morgan fingerprint density at radius 3 is 2.88 bits per heavy atom. The van der Waals surface area contributed by atoms with Crippen molar-refractivity contribution in [1.29, 1.82) is 0 Å². The van der Waals surface area contributed by atoms with Gasteiger partial charge in [0.15, 0.2) is 0 Å². The van der Waals surface area contributed by atoms with Gasteiger partial charge in [0.2, 0.25) is 0 Å². The summed E-state index contributed by atoms with van der Waals surface area (Å²) in [4.78, 5) is 0. The monoisotopic (exact) mass is 334 g/mol. The van der Waals surface area contributed by atoms with Crippen molar-refractivity contribution < 1.29 is 5.11 Å². The molecule has 2 atom stereocenters. The summed E-state index contributed by atoms with van der Waals surface area (Å²) in [6.07, 6.45) is 9.15. The minimum absolute atomic E-state index is 0.399. The van der Waals surface area contributed by atoms with Gasteiger partial charge in [-0.2, -0.15) is 0 Å². The second-order valence-corrected chi connectivity index (χ2v) is 5.66. The second-order valence-electron chi connectivity index (χ2n) is 4.78. The zero-order chi connectivity index (χ0) is 11.9. The van der Waals surface area contributed by atoms with Crippen LogP contribution >= 0.6 is 22.6 Å². The van der Waals surface area contributed by atoms with Crippen molar-refractivity contribution in [3.8, 4) is 11.8 Å². The Morgan fingerprint density at radius 2 is 2.19 bits per heavy atom. The Bertz CT molecular complexity index is 253. The average Bonchev–Trinajstić information content (AvgIpc) is 2.65. The SMILES string of the molecule is CCCCCCC#C[C@@]1(O)CCC[C@H]1CI. The quantitative estimate of drug-likeness (QED) is 0.350. The maximum absolute atomic E-state index is 10.4. The molecule has 0 amide bonds. The summed E-state index contributed by atoms with van der Waals surface area (Å²) in [7, 11) is 0. The van der Waals surface area contributed by atoms with Crippen molar-refractivity contribution in [1.82, 2.24) is 0 Å². The molecule has 1 saturated carbocycles. The molecule has 0 bridgehead atoms. The van der Waals surface area contributed by atoms with E-state index in [1.165, 1.54) is 25.7 Å². The third kappa shape index (κ3) is 4.25. The number of halogens is 1. The second kappa shape index (κ2) is 7.55. The van der Waals surface area contributed by atoms with Crippen LogP contribution in [-0.4, -0.2) is 15.1 Å². The summed E-state index contributed by atoms with van der Waals surface area (Å²) in [6.45, 7) is 2.22. The van der Waals surface area contributed by atoms with Crippen LogP contribution in [0, 0.1) is 17.8 Å². The first-order chi connectivity index (χ1) is 7.73. The molecule has 0 unspecified atom stereocenters. The number of hydrogen-bond acceptors (Lipinski definition) is 1. The van der Waals surface area contributed by atoms with Gasteiger partial charge in [0.25, 0.3) is 0 Å². The van der Waals surface area contributed by atoms with E-state index in [2.05, 4.69) is 41.4 Å². The van der Waals surface area contributed by atoms with E-state index in [1.807, 2.05) is 0 Å². The minimum Gasteiger partial charge on any atom is -0.377 e. The maximum atomic E-state index is 10.4. The molecule has 0 aromatic heterocycles. The predicted octanol–water partition coefficient (Wildman–Crippen LogP) is 3.93. The Labute approximate surface area is 114 Å². The molecule has 0 aromatic rings. The maximum Gasteiger partial charge on any atom is 0.129 e. The molecule has 1 rings (SSSR count). The van der Waals surface area contributed by atoms with Crippen LogP contribution in [0.4, 0.5) is 0 Å². The first-order valence-electron chi connectivity index (χ1n) is 6.51. The number of rotatable bonds is 5. The summed E-state index contributed by atoms with van der Waals surface area (Å²) in [5.74, 6) is 6.72. The molecule has 0 radical (unpaired) electrons. The third-order valence-electron chi connectivity index (χ3n) is 3.43. The van der Waals surface area contributed by atoms with Crippen LogP contribution in [0.2, 0.25) is 0 Å². The number of aliphatic hydroxyl groups is 1. The lowest BCUT2D eigenvalue weighted by molar-refractivity contribution is 0.0717. The van der Waals surface area contributed by atoms with Gasteiger partial charge >= 0.3 is 0 Å². The van der Waals surface area contributed by atoms with Crippen LogP contribution in [0.3, 0.4) is 0 Å². The average molecular weight is 334 g/mol. The fourth-order valence-corrected chi connectivity index (χ4v) is 3.45. The van der Waals surface area contributed by atoms with Crippen LogP contribution in [0.1, 0.15) is 58.3 Å². The van der Waals surface area contributed by atoms with E-state index in [0.29, 0.717) is 5.92 Å². The molecule has 0 aliphatic heterocycles. The minimum atomic E-state index is -0.661. The fourth-order valence-electron chi connectivity index (χ4n) is 2.29. The van der Waals surface area contributed by atoms with Gasteiger partial charge in [0.1, 0.15) is 5.60 Å². The van der Waals surface area contributed by atoms with Crippen molar-refractivity contribution >= 4 is 22.6 Å². The van der Waals surface area contributed by atoms with Gasteiger partial charge in [-0.1, -0.05) is 54.7 Å². The molecular formula is C14H23IO. The van der Waals surface area contributed by atoms with Crippen molar-refractivity contribution in [2.24, 2.45) is 5.92 Å². The fraction of sp³-hybridized carbons (Fsp3) is 0.857. The lowest BCUT2D eigenvalue weighted by atomic mass is 9.93. The predicted molar refractivity (Wildman–Crippen MR) is 77.7 cm³/mol. The van der Waals surface area contributed by atoms with E-state index in [9.17, 15) is 5.11 Å². The molecule has 92 valence electrons. The number of unbranched alkanes of at least 4 members (excludes halogenated alkanes) is 4. The van der Waals surface area contributed by atoms with Crippen LogP contribution < -0.4 is 0 Å². The molecule has 0 aromatic carbocycles. The lowest BCUT2D eigenvalue weighted by Crippen LogP contribution is -2.32. The smallest absolute Gasteiger partial charge is 0.129 e. The van der Waals surface area contributed by atoms with E-state index >= 15 is 0 Å². The highest BCUT2D eigenvalue weighted by Crippen LogP contribution is 2.36. The topological polar surface area (TPSA) is 20.2 Å². The highest BCUT2D eigenvalue weighted by atomic mass is 127. The lowest BCUT2D eigenvalue weighted by Gasteiger charge is -2.22. The van der Waals surface area contributed by atoms with Gasteiger partial charge in [-0.25, -0.2) is 0 Å². The molecule has 1 N–H and O–H groups in total. The molecule has 1 aliphatic carbocycles. The van der Waals surface area contributed by atoms with E-state index in [-0.39, 0.29) is 0 Å². The van der Waals surface area contributed by atoms with E-state index in [1.54, 1.807) is 0 Å². The molecule has 16 heavy (non-hydrogen) atoms. The summed E-state index contributed by atoms with van der Waals surface area (Å²) >= 11 is 2.37. The van der Waals surface area contributed by atoms with Crippen LogP contribution in [0.25, 0.3) is 0 Å². The molecule has 0 spiro atoms. The van der Waals surface area contributed by atoms with Crippen molar-refractivity contribution in [3.05, 3.63) is 0 Å². The van der Waals surface area contributed by atoms with Gasteiger partial charge in [-0.3, -0.25) is 0 Å². The van der Waals surface area contributed by atoms with E-state index < -0.39 is 5.60 Å². The first-order valence-corrected chi connectivity index (χ1v) is 8.04. The van der Waals surface area contributed by atoms with Crippen molar-refractivity contribution in [2.75, 3.05) is 4.43 Å². The Hall–Kier alpha value is 0.250. The summed E-state index contributed by atoms with van der Waals surface area (Å²) in [6, 6.07) is 0. The zero-order valence-electron chi connectivity index (χ0n) is 10.3. The Kier molecular flexibility index (Phi) is 6.75. The van der Waals surface area contributed by atoms with Gasteiger partial charge in [0, 0.05) is 16.8 Å². The normalized spacial score (nSPS) is 28.8. The molecular weight excluding hydrogens is 311 g/mol. The zero-order valence-corrected chi connectivity index (χ0v) is 12.4. The molecule has 2 heteroatoms. The highest BCUT2D eigenvalue weighted by molar-refractivity contribution is 14.1. The first kappa shape index (κ1) is 14.3. The number of alkyl halides is 1. The van der Waals surface area contributed by atoms with Crippen LogP contribution in [-0.2, 0) is 0 Å². The standard InChI is InChI=1S/C14H23IO/c1-2-3-4-5-6-7-10-14(16)11-8-9-13(14)12-15/h13,16H,2-6,8-9,11-12H2,1H3/t13-,14+/m0/s1. The van der Waals surface area contributed by atoms with Crippen molar-refractivity contribution in [3.63, 3.8) is 0 Å². The molecule has 1 nitrogen and oxygen atoms in total. The third-order valence-corrected chi connectivity index (χ3v) is 4.50. The number of hydrogen-bond donors (Lipinski definition) is 1. The molecule has 0 saturated heterocycles.